The zero-order chi connectivity index (χ0) is 9.14. The van der Waals surface area contributed by atoms with E-state index in [0.29, 0.717) is 12.0 Å². The van der Waals surface area contributed by atoms with E-state index in [-0.39, 0.29) is 17.5 Å². The van der Waals surface area contributed by atoms with Crippen LogP contribution in [0, 0.1) is 0 Å². The molecule has 0 saturated heterocycles. The van der Waals surface area contributed by atoms with Crippen molar-refractivity contribution in [3.05, 3.63) is 23.8 Å². The zero-order valence-corrected chi connectivity index (χ0v) is 6.99. The van der Waals surface area contributed by atoms with Crippen LogP contribution in [0.2, 0.25) is 0 Å². The van der Waals surface area contributed by atoms with E-state index in [0.717, 1.165) is 0 Å². The molecule has 0 aliphatic carbocycles. The highest BCUT2D eigenvalue weighted by atomic mass is 16.3. The van der Waals surface area contributed by atoms with Crippen molar-refractivity contribution in [2.24, 2.45) is 5.73 Å². The van der Waals surface area contributed by atoms with Gasteiger partial charge < -0.3 is 15.9 Å². The second-order valence-corrected chi connectivity index (χ2v) is 2.99. The molecule has 3 heteroatoms. The van der Waals surface area contributed by atoms with E-state index in [2.05, 4.69) is 0 Å². The summed E-state index contributed by atoms with van der Waals surface area (Å²) in [4.78, 5) is 0. The van der Waals surface area contributed by atoms with Crippen molar-refractivity contribution in [3.8, 4) is 11.5 Å². The molecule has 1 aromatic carbocycles. The summed E-state index contributed by atoms with van der Waals surface area (Å²) in [7, 11) is 0. The lowest BCUT2D eigenvalue weighted by atomic mass is 10.1. The van der Waals surface area contributed by atoms with Crippen LogP contribution >= 0.6 is 0 Å². The number of rotatable bonds is 2. The van der Waals surface area contributed by atoms with Crippen LogP contribution in [0.4, 0.5) is 0 Å². The van der Waals surface area contributed by atoms with Crippen molar-refractivity contribution in [2.45, 2.75) is 19.4 Å². The average molecular weight is 167 g/mol. The minimum atomic E-state index is -0.0160. The second-order valence-electron chi connectivity index (χ2n) is 2.99. The van der Waals surface area contributed by atoms with Gasteiger partial charge in [0.1, 0.15) is 11.5 Å². The van der Waals surface area contributed by atoms with Gasteiger partial charge in [-0.3, -0.25) is 0 Å². The van der Waals surface area contributed by atoms with Gasteiger partial charge in [0.05, 0.1) is 0 Å². The molecule has 12 heavy (non-hydrogen) atoms. The highest BCUT2D eigenvalue weighted by molar-refractivity contribution is 5.38. The Kier molecular flexibility index (Phi) is 2.55. The number of benzene rings is 1. The maximum atomic E-state index is 9.32. The summed E-state index contributed by atoms with van der Waals surface area (Å²) in [5.41, 5.74) is 6.24. The van der Waals surface area contributed by atoms with Crippen LogP contribution in [0.1, 0.15) is 12.5 Å². The third kappa shape index (κ3) is 2.13. The lowest BCUT2D eigenvalue weighted by Gasteiger charge is -2.07. The van der Waals surface area contributed by atoms with Gasteiger partial charge in [0.15, 0.2) is 0 Å². The second kappa shape index (κ2) is 3.45. The molecular weight excluding hydrogens is 154 g/mol. The van der Waals surface area contributed by atoms with Crippen molar-refractivity contribution < 1.29 is 10.2 Å². The minimum absolute atomic E-state index is 0.0160. The van der Waals surface area contributed by atoms with Gasteiger partial charge in [-0.05, 0) is 37.1 Å². The first-order valence-electron chi connectivity index (χ1n) is 3.86. The van der Waals surface area contributed by atoms with Gasteiger partial charge in [0, 0.05) is 6.04 Å². The van der Waals surface area contributed by atoms with Gasteiger partial charge in [-0.1, -0.05) is 0 Å². The van der Waals surface area contributed by atoms with Gasteiger partial charge in [-0.25, -0.2) is 0 Å². The van der Waals surface area contributed by atoms with E-state index in [4.69, 9.17) is 10.8 Å². The Morgan fingerprint density at radius 2 is 2.08 bits per heavy atom. The SMILES string of the molecule is C[C@H](N)Cc1cc(O)ccc1O. The molecule has 0 heterocycles. The molecule has 4 N–H and O–H groups in total. The smallest absolute Gasteiger partial charge is 0.119 e. The average Bonchev–Trinajstić information content (AvgIpc) is 1.96. The van der Waals surface area contributed by atoms with Crippen molar-refractivity contribution in [1.82, 2.24) is 0 Å². The maximum absolute atomic E-state index is 9.32. The number of hydrogen-bond acceptors (Lipinski definition) is 3. The third-order valence-corrected chi connectivity index (χ3v) is 1.60. The molecule has 0 fully saturated rings. The zero-order valence-electron chi connectivity index (χ0n) is 6.99. The Morgan fingerprint density at radius 3 is 2.67 bits per heavy atom. The fourth-order valence-electron chi connectivity index (χ4n) is 1.08. The van der Waals surface area contributed by atoms with Crippen LogP contribution in [-0.4, -0.2) is 16.3 Å². The first-order chi connectivity index (χ1) is 5.59. The number of hydrogen-bond donors (Lipinski definition) is 3. The summed E-state index contributed by atoms with van der Waals surface area (Å²) in [6, 6.07) is 4.42. The lowest BCUT2D eigenvalue weighted by molar-refractivity contribution is 0.452. The van der Waals surface area contributed by atoms with Gasteiger partial charge in [0.2, 0.25) is 0 Å². The molecule has 0 spiro atoms. The van der Waals surface area contributed by atoms with Crippen LogP contribution in [0.5, 0.6) is 11.5 Å². The monoisotopic (exact) mass is 167 g/mol. The van der Waals surface area contributed by atoms with Crippen LogP contribution in [-0.2, 0) is 6.42 Å². The topological polar surface area (TPSA) is 66.5 Å². The van der Waals surface area contributed by atoms with Gasteiger partial charge >= 0.3 is 0 Å². The Bertz CT molecular complexity index is 271. The van der Waals surface area contributed by atoms with Gasteiger partial charge in [0.25, 0.3) is 0 Å². The van der Waals surface area contributed by atoms with E-state index in [1.54, 1.807) is 0 Å². The standard InChI is InChI=1S/C9H13NO2/c1-6(10)4-7-5-8(11)2-3-9(7)12/h2-3,5-6,11-12H,4,10H2,1H3/t6-/m0/s1. The van der Waals surface area contributed by atoms with Gasteiger partial charge in [-0.2, -0.15) is 0 Å². The van der Waals surface area contributed by atoms with Crippen molar-refractivity contribution in [2.75, 3.05) is 0 Å². The number of phenolic OH excluding ortho intramolecular Hbond substituents is 2. The highest BCUT2D eigenvalue weighted by Gasteiger charge is 2.04. The number of aromatic hydroxyl groups is 2. The molecule has 1 aromatic rings. The first-order valence-corrected chi connectivity index (χ1v) is 3.86. The maximum Gasteiger partial charge on any atom is 0.119 e. The van der Waals surface area contributed by atoms with Crippen molar-refractivity contribution in [1.29, 1.82) is 0 Å². The fourth-order valence-corrected chi connectivity index (χ4v) is 1.08. The third-order valence-electron chi connectivity index (χ3n) is 1.60. The first kappa shape index (κ1) is 8.87. The molecule has 0 aromatic heterocycles. The van der Waals surface area contributed by atoms with Crippen LogP contribution in [0.3, 0.4) is 0 Å². The minimum Gasteiger partial charge on any atom is -0.508 e. The molecule has 0 aliphatic rings. The molecule has 66 valence electrons. The highest BCUT2D eigenvalue weighted by Crippen LogP contribution is 2.22. The summed E-state index contributed by atoms with van der Waals surface area (Å²) in [6.07, 6.45) is 0.570. The summed E-state index contributed by atoms with van der Waals surface area (Å²) in [5, 5.41) is 18.4. The summed E-state index contributed by atoms with van der Waals surface area (Å²) >= 11 is 0. The number of nitrogens with two attached hydrogens (primary N) is 1. The molecule has 0 aliphatic heterocycles. The summed E-state index contributed by atoms with van der Waals surface area (Å²) in [5.74, 6) is 0.341. The molecule has 0 radical (unpaired) electrons. The van der Waals surface area contributed by atoms with E-state index in [9.17, 15) is 5.11 Å². The van der Waals surface area contributed by atoms with Crippen molar-refractivity contribution >= 4 is 0 Å². The van der Waals surface area contributed by atoms with Crippen LogP contribution < -0.4 is 5.73 Å². The quantitative estimate of drug-likeness (QED) is 0.575. The molecule has 1 rings (SSSR count). The predicted octanol–water partition coefficient (Wildman–Crippen LogP) is 0.987. The normalized spacial score (nSPS) is 12.8. The fraction of sp³-hybridized carbons (Fsp3) is 0.333. The molecule has 0 unspecified atom stereocenters. The molecule has 0 bridgehead atoms. The predicted molar refractivity (Wildman–Crippen MR) is 47.1 cm³/mol. The van der Waals surface area contributed by atoms with Gasteiger partial charge in [-0.15, -0.1) is 0 Å². The molecule has 0 amide bonds. The van der Waals surface area contributed by atoms with Crippen LogP contribution in [0.25, 0.3) is 0 Å². The summed E-state index contributed by atoms with van der Waals surface area (Å²) < 4.78 is 0. The number of phenols is 2. The lowest BCUT2D eigenvalue weighted by Crippen LogP contribution is -2.17. The Hall–Kier alpha value is -1.22. The molecule has 1 atom stereocenters. The molecule has 0 saturated carbocycles. The van der Waals surface area contributed by atoms with E-state index >= 15 is 0 Å². The van der Waals surface area contributed by atoms with E-state index in [1.165, 1.54) is 18.2 Å². The molecule has 3 nitrogen and oxygen atoms in total. The summed E-state index contributed by atoms with van der Waals surface area (Å²) in [6.45, 7) is 1.85. The van der Waals surface area contributed by atoms with E-state index in [1.807, 2.05) is 6.92 Å². The Labute approximate surface area is 71.5 Å². The Balaban J connectivity index is 2.90. The van der Waals surface area contributed by atoms with Crippen LogP contribution in [0.15, 0.2) is 18.2 Å². The van der Waals surface area contributed by atoms with E-state index < -0.39 is 0 Å². The molecular formula is C9H13NO2. The van der Waals surface area contributed by atoms with Crippen molar-refractivity contribution in [3.63, 3.8) is 0 Å². The Morgan fingerprint density at radius 1 is 1.42 bits per heavy atom. The largest absolute Gasteiger partial charge is 0.508 e.